The molecule has 0 bridgehead atoms. The van der Waals surface area contributed by atoms with E-state index in [0.717, 1.165) is 11.4 Å². The van der Waals surface area contributed by atoms with Gasteiger partial charge in [0, 0.05) is 17.1 Å². The fourth-order valence-corrected chi connectivity index (χ4v) is 2.19. The maximum Gasteiger partial charge on any atom is 0.175 e. The van der Waals surface area contributed by atoms with Crippen LogP contribution in [0.15, 0.2) is 71.5 Å². The van der Waals surface area contributed by atoms with Gasteiger partial charge in [0.2, 0.25) is 0 Å². The molecule has 0 atom stereocenters. The van der Waals surface area contributed by atoms with Crippen molar-refractivity contribution in [3.63, 3.8) is 0 Å². The third-order valence-electron chi connectivity index (χ3n) is 2.77. The van der Waals surface area contributed by atoms with Gasteiger partial charge in [0.15, 0.2) is 5.11 Å². The van der Waals surface area contributed by atoms with E-state index in [1.165, 1.54) is 0 Å². The third kappa shape index (κ3) is 6.12. The highest BCUT2D eigenvalue weighted by Gasteiger charge is 2.02. The predicted octanol–water partition coefficient (Wildman–Crippen LogP) is 5.66. The summed E-state index contributed by atoms with van der Waals surface area (Å²) in [6.45, 7) is 0. The minimum Gasteiger partial charge on any atom is -0.473 e. The fraction of sp³-hybridized carbons (Fsp3) is 0. The maximum absolute atomic E-state index is 5.93. The van der Waals surface area contributed by atoms with E-state index in [2.05, 4.69) is 15.1 Å². The summed E-state index contributed by atoms with van der Waals surface area (Å²) in [5.41, 5.74) is 7.93. The Morgan fingerprint density at radius 2 is 1.46 bits per heavy atom. The average molecular weight is 380 g/mol. The number of rotatable bonds is 2. The van der Waals surface area contributed by atoms with E-state index in [-0.39, 0.29) is 0 Å². The summed E-state index contributed by atoms with van der Waals surface area (Å²) < 4.78 is 4.58. The first-order chi connectivity index (χ1) is 11.5. The smallest absolute Gasteiger partial charge is 0.175 e. The Morgan fingerprint density at radius 1 is 0.875 bits per heavy atom. The average Bonchev–Trinajstić information content (AvgIpc) is 3.13. The van der Waals surface area contributed by atoms with Crippen molar-refractivity contribution in [3.05, 3.63) is 77.2 Å². The van der Waals surface area contributed by atoms with E-state index in [9.17, 15) is 0 Å². The van der Waals surface area contributed by atoms with Crippen molar-refractivity contribution in [1.29, 1.82) is 0 Å². The summed E-state index contributed by atoms with van der Waals surface area (Å²) >= 11 is 17.0. The first kappa shape index (κ1) is 18.1. The Bertz CT molecular complexity index is 760. The quantitative estimate of drug-likeness (QED) is 0.395. The van der Waals surface area contributed by atoms with Crippen LogP contribution in [0.1, 0.15) is 0 Å². The Kier molecular flexibility index (Phi) is 6.93. The predicted molar refractivity (Wildman–Crippen MR) is 106 cm³/mol. The van der Waals surface area contributed by atoms with Crippen molar-refractivity contribution in [1.82, 2.24) is 0 Å². The zero-order valence-corrected chi connectivity index (χ0v) is 14.8. The van der Waals surface area contributed by atoms with E-state index in [4.69, 9.17) is 41.2 Å². The number of halogens is 2. The zero-order valence-electron chi connectivity index (χ0n) is 12.5. The molecule has 4 nitrogen and oxygen atoms in total. The summed E-state index contributed by atoms with van der Waals surface area (Å²) in [4.78, 5) is 0. The summed E-state index contributed by atoms with van der Waals surface area (Å²) in [6.07, 6.45) is 3.25. The van der Waals surface area contributed by atoms with Crippen molar-refractivity contribution in [2.24, 2.45) is 0 Å². The minimum absolute atomic E-state index is 0.461. The van der Waals surface area contributed by atoms with Gasteiger partial charge in [-0.15, -0.1) is 0 Å². The molecule has 0 saturated heterocycles. The molecule has 0 fully saturated rings. The highest BCUT2D eigenvalue weighted by Crippen LogP contribution is 2.25. The topological polar surface area (TPSA) is 63.2 Å². The normalized spacial score (nSPS) is 9.58. The van der Waals surface area contributed by atoms with E-state index in [0.29, 0.717) is 20.8 Å². The minimum atomic E-state index is 0.461. The number of furan rings is 1. The van der Waals surface area contributed by atoms with Gasteiger partial charge in [0.05, 0.1) is 22.6 Å². The van der Waals surface area contributed by atoms with Crippen molar-refractivity contribution >= 4 is 57.6 Å². The van der Waals surface area contributed by atoms with E-state index in [1.807, 2.05) is 24.3 Å². The summed E-state index contributed by atoms with van der Waals surface area (Å²) in [5, 5.41) is 7.50. The van der Waals surface area contributed by atoms with Crippen LogP contribution in [-0.4, -0.2) is 5.11 Å². The molecule has 1 heterocycles. The molecule has 0 amide bonds. The van der Waals surface area contributed by atoms with Crippen LogP contribution in [0.3, 0.4) is 0 Å². The molecule has 0 spiro atoms. The largest absolute Gasteiger partial charge is 0.473 e. The lowest BCUT2D eigenvalue weighted by molar-refractivity contribution is 0.567. The molecule has 24 heavy (non-hydrogen) atoms. The van der Waals surface area contributed by atoms with Gasteiger partial charge in [-0.05, 0) is 66.8 Å². The van der Waals surface area contributed by atoms with Crippen LogP contribution in [0.25, 0.3) is 0 Å². The van der Waals surface area contributed by atoms with Crippen LogP contribution in [0, 0.1) is 0 Å². The molecule has 0 aliphatic rings. The van der Waals surface area contributed by atoms with Crippen LogP contribution >= 0.6 is 35.4 Å². The lowest BCUT2D eigenvalue weighted by Gasteiger charge is -2.11. The van der Waals surface area contributed by atoms with Crippen LogP contribution < -0.4 is 16.4 Å². The van der Waals surface area contributed by atoms with Gasteiger partial charge >= 0.3 is 0 Å². The molecular formula is C17H15Cl2N3OS. The van der Waals surface area contributed by atoms with Gasteiger partial charge in [0.1, 0.15) is 0 Å². The summed E-state index contributed by atoms with van der Waals surface area (Å²) in [6, 6.07) is 16.2. The standard InChI is InChI=1S/C13H11Cl2N3S.C4H4O/c14-11-6-5-10(7-12(11)15)18-13(19)17-9-3-1-8(16)2-4-9;1-2-4-5-3-1/h1-7H,16H2,(H2,17,18,19);1-4H. The lowest BCUT2D eigenvalue weighted by atomic mass is 10.3. The Balaban J connectivity index is 0.000000355. The number of hydrogen-bond donors (Lipinski definition) is 3. The highest BCUT2D eigenvalue weighted by atomic mass is 35.5. The van der Waals surface area contributed by atoms with Gasteiger partial charge < -0.3 is 20.8 Å². The zero-order chi connectivity index (χ0) is 17.4. The number of hydrogen-bond acceptors (Lipinski definition) is 3. The number of nitrogens with one attached hydrogen (secondary N) is 2. The molecular weight excluding hydrogens is 365 g/mol. The molecule has 2 aromatic carbocycles. The lowest BCUT2D eigenvalue weighted by Crippen LogP contribution is -2.18. The van der Waals surface area contributed by atoms with Crippen LogP contribution in [0.5, 0.6) is 0 Å². The number of thiocarbonyl (C=S) groups is 1. The molecule has 7 heteroatoms. The molecule has 1 aromatic heterocycles. The Labute approximate surface area is 155 Å². The van der Waals surface area contributed by atoms with Crippen molar-refractivity contribution < 1.29 is 4.42 Å². The van der Waals surface area contributed by atoms with E-state index >= 15 is 0 Å². The van der Waals surface area contributed by atoms with E-state index < -0.39 is 0 Å². The van der Waals surface area contributed by atoms with Crippen LogP contribution in [0.2, 0.25) is 10.0 Å². The molecule has 3 rings (SSSR count). The van der Waals surface area contributed by atoms with Gasteiger partial charge in [0.25, 0.3) is 0 Å². The second-order valence-electron chi connectivity index (χ2n) is 4.62. The molecule has 0 aliphatic carbocycles. The first-order valence-corrected chi connectivity index (χ1v) is 8.07. The molecule has 0 radical (unpaired) electrons. The molecule has 0 aliphatic heterocycles. The van der Waals surface area contributed by atoms with Crippen molar-refractivity contribution in [2.75, 3.05) is 16.4 Å². The van der Waals surface area contributed by atoms with Gasteiger partial charge in [-0.3, -0.25) is 0 Å². The molecule has 124 valence electrons. The third-order valence-corrected chi connectivity index (χ3v) is 3.71. The number of nitrogen functional groups attached to an aromatic ring is 1. The Hall–Kier alpha value is -2.21. The highest BCUT2D eigenvalue weighted by molar-refractivity contribution is 7.80. The maximum atomic E-state index is 5.93. The van der Waals surface area contributed by atoms with Gasteiger partial charge in [-0.1, -0.05) is 23.2 Å². The van der Waals surface area contributed by atoms with Crippen molar-refractivity contribution in [2.45, 2.75) is 0 Å². The number of benzene rings is 2. The summed E-state index contributed by atoms with van der Waals surface area (Å²) in [7, 11) is 0. The monoisotopic (exact) mass is 379 g/mol. The second-order valence-corrected chi connectivity index (χ2v) is 5.85. The van der Waals surface area contributed by atoms with Crippen molar-refractivity contribution in [3.8, 4) is 0 Å². The fourth-order valence-electron chi connectivity index (χ4n) is 1.66. The molecule has 0 unspecified atom stereocenters. The number of anilines is 3. The molecule has 0 saturated carbocycles. The molecule has 3 aromatic rings. The Morgan fingerprint density at radius 3 is 2.00 bits per heavy atom. The SMILES string of the molecule is Nc1ccc(NC(=S)Nc2ccc(Cl)c(Cl)c2)cc1.c1ccoc1. The van der Waals surface area contributed by atoms with Crippen LogP contribution in [0.4, 0.5) is 17.1 Å². The second kappa shape index (κ2) is 9.17. The summed E-state index contributed by atoms with van der Waals surface area (Å²) in [5.74, 6) is 0. The molecule has 4 N–H and O–H groups in total. The van der Waals surface area contributed by atoms with Gasteiger partial charge in [-0.2, -0.15) is 0 Å². The van der Waals surface area contributed by atoms with Crippen LogP contribution in [-0.2, 0) is 0 Å². The first-order valence-electron chi connectivity index (χ1n) is 6.90. The van der Waals surface area contributed by atoms with E-state index in [1.54, 1.807) is 42.9 Å². The van der Waals surface area contributed by atoms with Gasteiger partial charge in [-0.25, -0.2) is 0 Å². The number of nitrogens with two attached hydrogens (primary N) is 1.